The summed E-state index contributed by atoms with van der Waals surface area (Å²) >= 11 is 0. The highest BCUT2D eigenvalue weighted by molar-refractivity contribution is 5.76. The summed E-state index contributed by atoms with van der Waals surface area (Å²) in [4.78, 5) is 20.2. The number of piperazine rings is 1. The standard InChI is InChI=1S/C21H24N4O3/c1-3-4-20(26)24-11-13-25(14-12-24)21-18(15-22)23-19(28-21)10-7-16-5-8-17(27-2)9-6-16/h5-10H,3-4,11-14H2,1-2H3. The number of carbonyl (C=O) groups excluding carboxylic acids is 1. The van der Waals surface area contributed by atoms with Gasteiger partial charge in [0.1, 0.15) is 11.8 Å². The Morgan fingerprint density at radius 3 is 2.57 bits per heavy atom. The van der Waals surface area contributed by atoms with Crippen LogP contribution in [0.25, 0.3) is 12.2 Å². The van der Waals surface area contributed by atoms with Crippen LogP contribution in [0.2, 0.25) is 0 Å². The second-order valence-corrected chi connectivity index (χ2v) is 6.54. The molecule has 0 unspecified atom stereocenters. The molecule has 1 amide bonds. The van der Waals surface area contributed by atoms with Gasteiger partial charge < -0.3 is 19.0 Å². The maximum absolute atomic E-state index is 12.0. The van der Waals surface area contributed by atoms with Crippen molar-refractivity contribution >= 4 is 23.9 Å². The molecule has 1 aromatic carbocycles. The minimum Gasteiger partial charge on any atom is -0.497 e. The van der Waals surface area contributed by atoms with Gasteiger partial charge in [0.15, 0.2) is 0 Å². The van der Waals surface area contributed by atoms with Crippen LogP contribution >= 0.6 is 0 Å². The molecular formula is C21H24N4O3. The van der Waals surface area contributed by atoms with Gasteiger partial charge >= 0.3 is 0 Å². The van der Waals surface area contributed by atoms with Gasteiger partial charge in [0.05, 0.1) is 7.11 Å². The Bertz CT molecular complexity index is 872. The molecule has 28 heavy (non-hydrogen) atoms. The van der Waals surface area contributed by atoms with Crippen LogP contribution in [0.5, 0.6) is 5.75 Å². The van der Waals surface area contributed by atoms with Crippen molar-refractivity contribution in [2.45, 2.75) is 19.8 Å². The number of ether oxygens (including phenoxy) is 1. The van der Waals surface area contributed by atoms with Gasteiger partial charge in [-0.05, 0) is 30.2 Å². The third kappa shape index (κ3) is 4.52. The van der Waals surface area contributed by atoms with Crippen LogP contribution in [0.4, 0.5) is 5.88 Å². The Morgan fingerprint density at radius 2 is 1.96 bits per heavy atom. The quantitative estimate of drug-likeness (QED) is 0.765. The lowest BCUT2D eigenvalue weighted by molar-refractivity contribution is -0.131. The summed E-state index contributed by atoms with van der Waals surface area (Å²) in [5, 5.41) is 9.41. The van der Waals surface area contributed by atoms with Gasteiger partial charge in [0, 0.05) is 38.7 Å². The summed E-state index contributed by atoms with van der Waals surface area (Å²) < 4.78 is 11.0. The first-order chi connectivity index (χ1) is 13.6. The maximum Gasteiger partial charge on any atom is 0.235 e. The van der Waals surface area contributed by atoms with Crippen LogP contribution in [-0.4, -0.2) is 49.1 Å². The summed E-state index contributed by atoms with van der Waals surface area (Å²) in [6, 6.07) is 9.71. The Kier molecular flexibility index (Phi) is 6.33. The predicted octanol–water partition coefficient (Wildman–Crippen LogP) is 3.17. The molecule has 7 heteroatoms. The molecule has 1 fully saturated rings. The van der Waals surface area contributed by atoms with Crippen LogP contribution in [-0.2, 0) is 4.79 Å². The molecule has 1 saturated heterocycles. The largest absolute Gasteiger partial charge is 0.497 e. The van der Waals surface area contributed by atoms with Crippen LogP contribution in [0.3, 0.4) is 0 Å². The molecule has 1 aliphatic heterocycles. The number of nitriles is 1. The van der Waals surface area contributed by atoms with Crippen LogP contribution in [0, 0.1) is 11.3 Å². The van der Waals surface area contributed by atoms with E-state index in [-0.39, 0.29) is 11.6 Å². The van der Waals surface area contributed by atoms with Gasteiger partial charge in [-0.3, -0.25) is 4.79 Å². The van der Waals surface area contributed by atoms with Gasteiger partial charge in [-0.1, -0.05) is 19.1 Å². The molecule has 0 bridgehead atoms. The van der Waals surface area contributed by atoms with Crippen molar-refractivity contribution < 1.29 is 13.9 Å². The number of carbonyl (C=O) groups is 1. The Morgan fingerprint density at radius 1 is 1.25 bits per heavy atom. The van der Waals surface area contributed by atoms with Crippen molar-refractivity contribution in [3.63, 3.8) is 0 Å². The zero-order chi connectivity index (χ0) is 19.9. The molecule has 1 aliphatic rings. The lowest BCUT2D eigenvalue weighted by Crippen LogP contribution is -2.48. The van der Waals surface area contributed by atoms with Gasteiger partial charge in [-0.2, -0.15) is 10.2 Å². The highest BCUT2D eigenvalue weighted by Gasteiger charge is 2.25. The fourth-order valence-corrected chi connectivity index (χ4v) is 3.10. The van der Waals surface area contributed by atoms with Crippen molar-refractivity contribution in [2.75, 3.05) is 38.2 Å². The smallest absolute Gasteiger partial charge is 0.235 e. The zero-order valence-corrected chi connectivity index (χ0v) is 16.2. The lowest BCUT2D eigenvalue weighted by atomic mass is 10.2. The van der Waals surface area contributed by atoms with Gasteiger partial charge in [-0.15, -0.1) is 0 Å². The Hall–Kier alpha value is -3.27. The van der Waals surface area contributed by atoms with E-state index in [1.165, 1.54) is 0 Å². The van der Waals surface area contributed by atoms with E-state index in [2.05, 4.69) is 11.1 Å². The first-order valence-electron chi connectivity index (χ1n) is 9.40. The number of methoxy groups -OCH3 is 1. The van der Waals surface area contributed by atoms with E-state index in [4.69, 9.17) is 9.15 Å². The summed E-state index contributed by atoms with van der Waals surface area (Å²) in [5.41, 5.74) is 1.24. The van der Waals surface area contributed by atoms with E-state index >= 15 is 0 Å². The lowest BCUT2D eigenvalue weighted by Gasteiger charge is -2.34. The van der Waals surface area contributed by atoms with E-state index in [1.54, 1.807) is 13.2 Å². The number of hydrogen-bond acceptors (Lipinski definition) is 6. The van der Waals surface area contributed by atoms with Crippen molar-refractivity contribution in [1.82, 2.24) is 9.88 Å². The fraction of sp³-hybridized carbons (Fsp3) is 0.381. The minimum absolute atomic E-state index is 0.184. The molecule has 0 radical (unpaired) electrons. The average Bonchev–Trinajstić information content (AvgIpc) is 3.16. The van der Waals surface area contributed by atoms with Crippen molar-refractivity contribution in [1.29, 1.82) is 5.26 Å². The summed E-state index contributed by atoms with van der Waals surface area (Å²) in [6.07, 6.45) is 5.04. The van der Waals surface area contributed by atoms with E-state index in [0.29, 0.717) is 44.4 Å². The number of amides is 1. The topological polar surface area (TPSA) is 82.6 Å². The number of nitrogens with zero attached hydrogens (tertiary/aromatic N) is 4. The number of oxazole rings is 1. The molecule has 146 valence electrons. The molecule has 0 aliphatic carbocycles. The molecule has 0 saturated carbocycles. The molecule has 2 heterocycles. The van der Waals surface area contributed by atoms with Gasteiger partial charge in [-0.25, -0.2) is 0 Å². The predicted molar refractivity (Wildman–Crippen MR) is 107 cm³/mol. The summed E-state index contributed by atoms with van der Waals surface area (Å²) in [5.74, 6) is 1.83. The molecular weight excluding hydrogens is 356 g/mol. The monoisotopic (exact) mass is 380 g/mol. The highest BCUT2D eigenvalue weighted by Crippen LogP contribution is 2.24. The van der Waals surface area contributed by atoms with E-state index in [0.717, 1.165) is 17.7 Å². The van der Waals surface area contributed by atoms with Crippen molar-refractivity contribution in [3.8, 4) is 11.8 Å². The van der Waals surface area contributed by atoms with E-state index in [1.807, 2.05) is 47.1 Å². The SMILES string of the molecule is CCCC(=O)N1CCN(c2oc(C=Cc3ccc(OC)cc3)nc2C#N)CC1. The first kappa shape index (κ1) is 19.5. The molecule has 0 N–H and O–H groups in total. The molecule has 0 atom stereocenters. The number of benzene rings is 1. The van der Waals surface area contributed by atoms with E-state index in [9.17, 15) is 10.1 Å². The van der Waals surface area contributed by atoms with Crippen molar-refractivity contribution in [3.05, 3.63) is 41.4 Å². The van der Waals surface area contributed by atoms with Gasteiger partial charge in [0.25, 0.3) is 0 Å². The van der Waals surface area contributed by atoms with Gasteiger partial charge in [0.2, 0.25) is 23.4 Å². The Balaban J connectivity index is 1.68. The fourth-order valence-electron chi connectivity index (χ4n) is 3.10. The second kappa shape index (κ2) is 9.09. The second-order valence-electron chi connectivity index (χ2n) is 6.54. The maximum atomic E-state index is 12.0. The first-order valence-corrected chi connectivity index (χ1v) is 9.40. The zero-order valence-electron chi connectivity index (χ0n) is 16.2. The number of aromatic nitrogens is 1. The molecule has 3 rings (SSSR count). The van der Waals surface area contributed by atoms with Crippen LogP contribution in [0.15, 0.2) is 28.7 Å². The Labute approximate surface area is 164 Å². The summed E-state index contributed by atoms with van der Waals surface area (Å²) in [7, 11) is 1.63. The van der Waals surface area contributed by atoms with Crippen LogP contribution in [0.1, 0.15) is 36.9 Å². The molecule has 0 spiro atoms. The number of hydrogen-bond donors (Lipinski definition) is 0. The van der Waals surface area contributed by atoms with Crippen LogP contribution < -0.4 is 9.64 Å². The molecule has 7 nitrogen and oxygen atoms in total. The average molecular weight is 380 g/mol. The summed E-state index contributed by atoms with van der Waals surface area (Å²) in [6.45, 7) is 4.51. The number of rotatable bonds is 6. The molecule has 1 aromatic heterocycles. The minimum atomic E-state index is 0.184. The van der Waals surface area contributed by atoms with Crippen molar-refractivity contribution in [2.24, 2.45) is 0 Å². The third-order valence-corrected chi connectivity index (χ3v) is 4.65. The third-order valence-electron chi connectivity index (χ3n) is 4.65. The molecule has 2 aromatic rings. The normalized spacial score (nSPS) is 14.3. The van der Waals surface area contributed by atoms with E-state index < -0.39 is 0 Å². The number of anilines is 1. The highest BCUT2D eigenvalue weighted by atomic mass is 16.5.